The van der Waals surface area contributed by atoms with Crippen LogP contribution in [-0.2, 0) is 27.4 Å². The van der Waals surface area contributed by atoms with Crippen molar-refractivity contribution in [2.24, 2.45) is 5.73 Å². The zero-order valence-electron chi connectivity index (χ0n) is 16.7. The molecular weight excluding hydrogens is 372 g/mol. The SMILES string of the molecule is COC1CCN(Cc2cccc3c2CN(C2CCC(=O)NC2=O)C3=O)C(CN)C1. The summed E-state index contributed by atoms with van der Waals surface area (Å²) < 4.78 is 5.51. The Morgan fingerprint density at radius 3 is 2.79 bits per heavy atom. The number of likely N-dealkylation sites (tertiary alicyclic amines) is 1. The van der Waals surface area contributed by atoms with Crippen LogP contribution >= 0.6 is 0 Å². The average molecular weight is 400 g/mol. The molecule has 1 aromatic rings. The molecule has 0 bridgehead atoms. The normalized spacial score (nSPS) is 27.9. The summed E-state index contributed by atoms with van der Waals surface area (Å²) in [6.07, 6.45) is 2.74. The van der Waals surface area contributed by atoms with Crippen molar-refractivity contribution in [2.45, 2.75) is 57.0 Å². The minimum Gasteiger partial charge on any atom is -0.381 e. The largest absolute Gasteiger partial charge is 0.381 e. The molecule has 0 radical (unpaired) electrons. The van der Waals surface area contributed by atoms with Crippen molar-refractivity contribution < 1.29 is 19.1 Å². The lowest BCUT2D eigenvalue weighted by Gasteiger charge is -2.38. The van der Waals surface area contributed by atoms with Crippen molar-refractivity contribution in [3.05, 3.63) is 34.9 Å². The molecule has 0 saturated carbocycles. The van der Waals surface area contributed by atoms with Gasteiger partial charge >= 0.3 is 0 Å². The van der Waals surface area contributed by atoms with Crippen LogP contribution in [0.5, 0.6) is 0 Å². The van der Waals surface area contributed by atoms with Gasteiger partial charge in [-0.3, -0.25) is 24.6 Å². The van der Waals surface area contributed by atoms with Crippen molar-refractivity contribution in [3.63, 3.8) is 0 Å². The van der Waals surface area contributed by atoms with Gasteiger partial charge in [0.25, 0.3) is 5.91 Å². The summed E-state index contributed by atoms with van der Waals surface area (Å²) in [6, 6.07) is 5.43. The summed E-state index contributed by atoms with van der Waals surface area (Å²) in [6.45, 7) is 2.58. The molecule has 3 atom stereocenters. The third-order valence-corrected chi connectivity index (χ3v) is 6.45. The van der Waals surface area contributed by atoms with Gasteiger partial charge in [0.1, 0.15) is 6.04 Å². The lowest BCUT2D eigenvalue weighted by Crippen LogP contribution is -2.52. The molecule has 4 rings (SSSR count). The Bertz CT molecular complexity index is 827. The molecule has 3 N–H and O–H groups in total. The first-order valence-electron chi connectivity index (χ1n) is 10.2. The summed E-state index contributed by atoms with van der Waals surface area (Å²) in [5.41, 5.74) is 8.75. The van der Waals surface area contributed by atoms with Crippen molar-refractivity contribution in [1.82, 2.24) is 15.1 Å². The number of methoxy groups -OCH3 is 1. The highest BCUT2D eigenvalue weighted by Crippen LogP contribution is 2.31. The van der Waals surface area contributed by atoms with E-state index in [2.05, 4.69) is 16.3 Å². The van der Waals surface area contributed by atoms with Crippen LogP contribution in [0.4, 0.5) is 0 Å². The number of piperidine rings is 2. The van der Waals surface area contributed by atoms with Crippen LogP contribution in [-0.4, -0.2) is 65.9 Å². The Hall–Kier alpha value is -2.29. The molecule has 2 saturated heterocycles. The van der Waals surface area contributed by atoms with E-state index in [1.54, 1.807) is 12.0 Å². The molecule has 0 spiro atoms. The van der Waals surface area contributed by atoms with Gasteiger partial charge < -0.3 is 15.4 Å². The predicted octanol–water partition coefficient (Wildman–Crippen LogP) is 0.386. The highest BCUT2D eigenvalue weighted by molar-refractivity contribution is 6.05. The summed E-state index contributed by atoms with van der Waals surface area (Å²) >= 11 is 0. The first kappa shape index (κ1) is 20.0. The quantitative estimate of drug-likeness (QED) is 0.693. The number of fused-ring (bicyclic) bond motifs is 1. The van der Waals surface area contributed by atoms with Crippen LogP contribution in [0.2, 0.25) is 0 Å². The van der Waals surface area contributed by atoms with E-state index in [0.717, 1.165) is 37.1 Å². The van der Waals surface area contributed by atoms with Crippen LogP contribution in [0.3, 0.4) is 0 Å². The second kappa shape index (κ2) is 8.22. The highest BCUT2D eigenvalue weighted by atomic mass is 16.5. The van der Waals surface area contributed by atoms with Gasteiger partial charge in [0, 0.05) is 51.3 Å². The van der Waals surface area contributed by atoms with Gasteiger partial charge in [0.2, 0.25) is 11.8 Å². The number of amides is 3. The number of carbonyl (C=O) groups excluding carboxylic acids is 3. The molecule has 156 valence electrons. The fourth-order valence-electron chi connectivity index (χ4n) is 4.75. The van der Waals surface area contributed by atoms with Gasteiger partial charge in [-0.1, -0.05) is 12.1 Å². The number of nitrogens with one attached hydrogen (secondary N) is 1. The van der Waals surface area contributed by atoms with Gasteiger partial charge in [-0.25, -0.2) is 0 Å². The molecule has 0 aliphatic carbocycles. The van der Waals surface area contributed by atoms with E-state index in [1.165, 1.54) is 0 Å². The average Bonchev–Trinajstić information content (AvgIpc) is 3.06. The summed E-state index contributed by atoms with van der Waals surface area (Å²) in [5.74, 6) is -0.790. The van der Waals surface area contributed by atoms with Crippen LogP contribution < -0.4 is 11.1 Å². The fraction of sp³-hybridized carbons (Fsp3) is 0.571. The standard InChI is InChI=1S/C21H28N4O4/c1-29-15-7-8-24(14(9-15)10-22)11-13-3-2-4-16-17(13)12-25(21(16)28)18-5-6-19(26)23-20(18)27/h2-4,14-15,18H,5-12,22H2,1H3,(H,23,26,27). The maximum Gasteiger partial charge on any atom is 0.255 e. The minimum absolute atomic E-state index is 0.134. The van der Waals surface area contributed by atoms with Gasteiger partial charge in [0.05, 0.1) is 6.10 Å². The molecule has 0 aromatic heterocycles. The Morgan fingerprint density at radius 2 is 2.07 bits per heavy atom. The number of nitrogens with two attached hydrogens (primary N) is 1. The van der Waals surface area contributed by atoms with Gasteiger partial charge in [-0.2, -0.15) is 0 Å². The number of carbonyl (C=O) groups is 3. The molecule has 29 heavy (non-hydrogen) atoms. The zero-order chi connectivity index (χ0) is 20.5. The van der Waals surface area contributed by atoms with E-state index in [9.17, 15) is 14.4 Å². The Morgan fingerprint density at radius 1 is 1.24 bits per heavy atom. The second-order valence-electron chi connectivity index (χ2n) is 8.09. The summed E-state index contributed by atoms with van der Waals surface area (Å²) in [5, 5.41) is 2.35. The topological polar surface area (TPSA) is 105 Å². The zero-order valence-corrected chi connectivity index (χ0v) is 16.7. The number of rotatable bonds is 5. The molecule has 3 aliphatic heterocycles. The van der Waals surface area contributed by atoms with Crippen LogP contribution in [0.25, 0.3) is 0 Å². The number of hydrogen-bond donors (Lipinski definition) is 2. The van der Waals surface area contributed by atoms with E-state index < -0.39 is 6.04 Å². The van der Waals surface area contributed by atoms with Crippen molar-refractivity contribution in [1.29, 1.82) is 0 Å². The van der Waals surface area contributed by atoms with Crippen LogP contribution in [0, 0.1) is 0 Å². The van der Waals surface area contributed by atoms with Crippen LogP contribution in [0.1, 0.15) is 47.2 Å². The third kappa shape index (κ3) is 3.80. The Labute approximate surface area is 170 Å². The molecule has 1 aromatic carbocycles. The molecule has 8 nitrogen and oxygen atoms in total. The number of hydrogen-bond acceptors (Lipinski definition) is 6. The lowest BCUT2D eigenvalue weighted by molar-refractivity contribution is -0.136. The maximum absolute atomic E-state index is 13.0. The Balaban J connectivity index is 1.53. The van der Waals surface area contributed by atoms with Crippen molar-refractivity contribution in [3.8, 4) is 0 Å². The molecular formula is C21H28N4O4. The number of ether oxygens (including phenoxy) is 1. The molecule has 3 aliphatic rings. The summed E-state index contributed by atoms with van der Waals surface area (Å²) in [4.78, 5) is 40.7. The smallest absolute Gasteiger partial charge is 0.255 e. The molecule has 3 amide bonds. The molecule has 3 unspecified atom stereocenters. The predicted molar refractivity (Wildman–Crippen MR) is 106 cm³/mol. The first-order chi connectivity index (χ1) is 14.0. The maximum atomic E-state index is 13.0. The van der Waals surface area contributed by atoms with E-state index in [1.807, 2.05) is 12.1 Å². The molecule has 3 heterocycles. The van der Waals surface area contributed by atoms with Crippen molar-refractivity contribution >= 4 is 17.7 Å². The monoisotopic (exact) mass is 400 g/mol. The molecule has 2 fully saturated rings. The molecule has 8 heteroatoms. The van der Waals surface area contributed by atoms with Gasteiger partial charge in [-0.05, 0) is 36.5 Å². The van der Waals surface area contributed by atoms with Gasteiger partial charge in [-0.15, -0.1) is 0 Å². The lowest BCUT2D eigenvalue weighted by atomic mass is 9.96. The van der Waals surface area contributed by atoms with E-state index in [0.29, 0.717) is 25.1 Å². The van der Waals surface area contributed by atoms with E-state index >= 15 is 0 Å². The number of nitrogens with zero attached hydrogens (tertiary/aromatic N) is 2. The summed E-state index contributed by atoms with van der Waals surface area (Å²) in [7, 11) is 1.74. The van der Waals surface area contributed by atoms with Crippen LogP contribution in [0.15, 0.2) is 18.2 Å². The third-order valence-electron chi connectivity index (χ3n) is 6.45. The van der Waals surface area contributed by atoms with Crippen molar-refractivity contribution in [2.75, 3.05) is 20.2 Å². The fourth-order valence-corrected chi connectivity index (χ4v) is 4.75. The van der Waals surface area contributed by atoms with E-state index in [-0.39, 0.29) is 36.3 Å². The Kier molecular flexibility index (Phi) is 5.67. The highest BCUT2D eigenvalue weighted by Gasteiger charge is 2.40. The first-order valence-corrected chi connectivity index (χ1v) is 10.2. The second-order valence-corrected chi connectivity index (χ2v) is 8.09. The minimum atomic E-state index is -0.588. The number of imide groups is 1. The number of benzene rings is 1. The van der Waals surface area contributed by atoms with Gasteiger partial charge in [0.15, 0.2) is 0 Å². The van der Waals surface area contributed by atoms with E-state index in [4.69, 9.17) is 10.5 Å².